The second kappa shape index (κ2) is 8.57. The predicted molar refractivity (Wildman–Crippen MR) is 91.4 cm³/mol. The summed E-state index contributed by atoms with van der Waals surface area (Å²) in [7, 11) is 0. The van der Waals surface area contributed by atoms with Gasteiger partial charge in [0.05, 0.1) is 12.7 Å². The summed E-state index contributed by atoms with van der Waals surface area (Å²) in [6, 6.07) is 9.61. The van der Waals surface area contributed by atoms with Gasteiger partial charge in [0.1, 0.15) is 6.61 Å². The fourth-order valence-corrected chi connectivity index (χ4v) is 3.09. The molecule has 0 bridgehead atoms. The third-order valence-electron chi connectivity index (χ3n) is 3.66. The lowest BCUT2D eigenvalue weighted by molar-refractivity contribution is -0.286. The maximum absolute atomic E-state index is 11.8. The Morgan fingerprint density at radius 3 is 2.83 bits per heavy atom. The van der Waals surface area contributed by atoms with Crippen LogP contribution in [0.3, 0.4) is 0 Å². The van der Waals surface area contributed by atoms with Crippen molar-refractivity contribution in [2.45, 2.75) is 32.3 Å². The zero-order chi connectivity index (χ0) is 16.7. The molecule has 0 saturated carbocycles. The number of ether oxygens (including phenoxy) is 3. The van der Waals surface area contributed by atoms with Crippen molar-refractivity contribution in [1.29, 1.82) is 0 Å². The van der Waals surface area contributed by atoms with Crippen molar-refractivity contribution in [3.05, 3.63) is 35.9 Å². The van der Waals surface area contributed by atoms with Gasteiger partial charge in [-0.05, 0) is 25.7 Å². The number of benzene rings is 1. The third kappa shape index (κ3) is 6.05. The van der Waals surface area contributed by atoms with Gasteiger partial charge in [0, 0.05) is 18.2 Å². The Morgan fingerprint density at radius 2 is 2.13 bits per heavy atom. The molecule has 1 N–H and O–H groups in total. The van der Waals surface area contributed by atoms with Crippen LogP contribution in [-0.2, 0) is 20.8 Å². The van der Waals surface area contributed by atoms with Crippen LogP contribution in [0, 0.1) is 5.92 Å². The molecule has 0 spiro atoms. The molecule has 0 radical (unpaired) electrons. The second-order valence-electron chi connectivity index (χ2n) is 6.03. The number of carbonyl (C=O) groups is 1. The molecule has 0 aromatic heterocycles. The van der Waals surface area contributed by atoms with Gasteiger partial charge in [0.25, 0.3) is 0 Å². The van der Waals surface area contributed by atoms with Crippen LogP contribution in [-0.4, -0.2) is 43.1 Å². The van der Waals surface area contributed by atoms with Crippen molar-refractivity contribution < 1.29 is 19.0 Å². The molecule has 1 fully saturated rings. The molecule has 1 aliphatic heterocycles. The van der Waals surface area contributed by atoms with Crippen LogP contribution in [0.5, 0.6) is 0 Å². The van der Waals surface area contributed by atoms with E-state index in [1.807, 2.05) is 50.4 Å². The molecule has 1 aromatic rings. The number of hydrogen-bond acceptors (Lipinski definition) is 5. The lowest BCUT2D eigenvalue weighted by atomic mass is 10.0. The largest absolute Gasteiger partial charge is 0.445 e. The van der Waals surface area contributed by atoms with Crippen LogP contribution in [0.15, 0.2) is 30.3 Å². The molecule has 128 valence electrons. The number of carbonyl (C=O) groups excluding carboxylic acids is 1. The van der Waals surface area contributed by atoms with E-state index >= 15 is 0 Å². The molecule has 1 amide bonds. The zero-order valence-electron chi connectivity index (χ0n) is 13.9. The second-order valence-corrected chi connectivity index (χ2v) is 6.94. The topological polar surface area (TPSA) is 56.8 Å². The standard InChI is InChI=1S/C17H25NO4S/c1-17(2)21-11-14(15(22-17)12-23-3)9-18-16(19)20-10-13-7-5-4-6-8-13/h4-8,14-15H,9-12H2,1-3H3,(H,18,19). The van der Waals surface area contributed by atoms with Crippen molar-refractivity contribution in [1.82, 2.24) is 5.32 Å². The molecule has 1 saturated heterocycles. The molecule has 1 aromatic carbocycles. The van der Waals surface area contributed by atoms with Gasteiger partial charge in [-0.2, -0.15) is 11.8 Å². The van der Waals surface area contributed by atoms with E-state index in [-0.39, 0.29) is 18.6 Å². The number of nitrogens with one attached hydrogen (secondary N) is 1. The summed E-state index contributed by atoms with van der Waals surface area (Å²) < 4.78 is 16.9. The highest BCUT2D eigenvalue weighted by molar-refractivity contribution is 7.98. The summed E-state index contributed by atoms with van der Waals surface area (Å²) in [5, 5.41) is 2.81. The first-order chi connectivity index (χ1) is 11.0. The van der Waals surface area contributed by atoms with E-state index in [9.17, 15) is 4.79 Å². The summed E-state index contributed by atoms with van der Waals surface area (Å²) in [5.74, 6) is 0.433. The van der Waals surface area contributed by atoms with E-state index in [2.05, 4.69) is 5.32 Å². The first-order valence-electron chi connectivity index (χ1n) is 7.75. The Kier molecular flexibility index (Phi) is 6.74. The molecule has 1 heterocycles. The van der Waals surface area contributed by atoms with Crippen LogP contribution in [0.1, 0.15) is 19.4 Å². The Labute approximate surface area is 142 Å². The van der Waals surface area contributed by atoms with Crippen LogP contribution in [0.4, 0.5) is 4.79 Å². The van der Waals surface area contributed by atoms with E-state index in [1.165, 1.54) is 0 Å². The van der Waals surface area contributed by atoms with Gasteiger partial charge in [-0.25, -0.2) is 4.79 Å². The summed E-state index contributed by atoms with van der Waals surface area (Å²) in [6.07, 6.45) is 1.69. The highest BCUT2D eigenvalue weighted by Gasteiger charge is 2.36. The first-order valence-corrected chi connectivity index (χ1v) is 9.15. The maximum atomic E-state index is 11.8. The van der Waals surface area contributed by atoms with E-state index in [1.54, 1.807) is 11.8 Å². The van der Waals surface area contributed by atoms with Crippen molar-refractivity contribution in [3.8, 4) is 0 Å². The lowest BCUT2D eigenvalue weighted by Crippen LogP contribution is -2.50. The SMILES string of the molecule is CSCC1OC(C)(C)OCC1CNC(=O)OCc1ccccc1. The molecule has 23 heavy (non-hydrogen) atoms. The molecular weight excluding hydrogens is 314 g/mol. The Balaban J connectivity index is 1.76. The molecule has 2 atom stereocenters. The van der Waals surface area contributed by atoms with Gasteiger partial charge in [-0.1, -0.05) is 30.3 Å². The number of alkyl carbamates (subject to hydrolysis) is 1. The Morgan fingerprint density at radius 1 is 1.39 bits per heavy atom. The maximum Gasteiger partial charge on any atom is 0.407 e. The molecule has 2 rings (SSSR count). The average Bonchev–Trinajstić information content (AvgIpc) is 2.53. The van der Waals surface area contributed by atoms with Gasteiger partial charge in [0.2, 0.25) is 0 Å². The van der Waals surface area contributed by atoms with Crippen LogP contribution in [0.2, 0.25) is 0 Å². The highest BCUT2D eigenvalue weighted by Crippen LogP contribution is 2.27. The minimum atomic E-state index is -0.565. The smallest absolute Gasteiger partial charge is 0.407 e. The van der Waals surface area contributed by atoms with Gasteiger partial charge in [-0.3, -0.25) is 0 Å². The normalized spacial score (nSPS) is 23.3. The van der Waals surface area contributed by atoms with Crippen LogP contribution < -0.4 is 5.32 Å². The summed E-state index contributed by atoms with van der Waals surface area (Å²) in [6.45, 7) is 5.15. The van der Waals surface area contributed by atoms with Gasteiger partial charge in [0.15, 0.2) is 5.79 Å². The Hall–Kier alpha value is -1.24. The number of hydrogen-bond donors (Lipinski definition) is 1. The van der Waals surface area contributed by atoms with Crippen molar-refractivity contribution in [2.75, 3.05) is 25.2 Å². The third-order valence-corrected chi connectivity index (χ3v) is 4.32. The molecule has 2 unspecified atom stereocenters. The van der Waals surface area contributed by atoms with E-state index in [0.717, 1.165) is 11.3 Å². The van der Waals surface area contributed by atoms with Crippen molar-refractivity contribution in [3.63, 3.8) is 0 Å². The van der Waals surface area contributed by atoms with Gasteiger partial charge < -0.3 is 19.5 Å². The summed E-state index contributed by atoms with van der Waals surface area (Å²) in [5.41, 5.74) is 0.967. The first kappa shape index (κ1) is 18.1. The fourth-order valence-electron chi connectivity index (χ4n) is 2.42. The van der Waals surface area contributed by atoms with Gasteiger partial charge >= 0.3 is 6.09 Å². The van der Waals surface area contributed by atoms with E-state index < -0.39 is 11.9 Å². The number of thioether (sulfide) groups is 1. The predicted octanol–water partition coefficient (Wildman–Crippen LogP) is 3.04. The van der Waals surface area contributed by atoms with Gasteiger partial charge in [-0.15, -0.1) is 0 Å². The number of amides is 1. The fraction of sp³-hybridized carbons (Fsp3) is 0.588. The number of rotatable bonds is 6. The molecule has 1 aliphatic rings. The van der Waals surface area contributed by atoms with Crippen LogP contribution >= 0.6 is 11.8 Å². The highest BCUT2D eigenvalue weighted by atomic mass is 32.2. The summed E-state index contributed by atoms with van der Waals surface area (Å²) in [4.78, 5) is 11.8. The quantitative estimate of drug-likeness (QED) is 0.863. The molecule has 6 heteroatoms. The minimum absolute atomic E-state index is 0.0585. The van der Waals surface area contributed by atoms with Crippen LogP contribution in [0.25, 0.3) is 0 Å². The van der Waals surface area contributed by atoms with Crippen molar-refractivity contribution in [2.24, 2.45) is 5.92 Å². The molecule has 5 nitrogen and oxygen atoms in total. The summed E-state index contributed by atoms with van der Waals surface area (Å²) >= 11 is 1.73. The minimum Gasteiger partial charge on any atom is -0.445 e. The van der Waals surface area contributed by atoms with Crippen molar-refractivity contribution >= 4 is 17.9 Å². The molecule has 0 aliphatic carbocycles. The zero-order valence-corrected chi connectivity index (χ0v) is 14.7. The van der Waals surface area contributed by atoms with E-state index in [0.29, 0.717) is 13.2 Å². The van der Waals surface area contributed by atoms with E-state index in [4.69, 9.17) is 14.2 Å². The Bertz CT molecular complexity index is 495. The molecular formula is C17H25NO4S. The monoisotopic (exact) mass is 339 g/mol. The average molecular weight is 339 g/mol. The lowest BCUT2D eigenvalue weighted by Gasteiger charge is -2.41.